The van der Waals surface area contributed by atoms with Crippen LogP contribution in [0.15, 0.2) is 34.8 Å². The molecule has 1 N–H and O–H groups in total. The van der Waals surface area contributed by atoms with Crippen molar-refractivity contribution in [3.05, 3.63) is 45.9 Å². The highest BCUT2D eigenvalue weighted by molar-refractivity contribution is 9.10. The highest BCUT2D eigenvalue weighted by atomic mass is 79.9. The number of aryl methyl sites for hydroxylation is 1. The Balaban J connectivity index is 2.37. The van der Waals surface area contributed by atoms with E-state index < -0.39 is 0 Å². The van der Waals surface area contributed by atoms with Crippen molar-refractivity contribution in [3.63, 3.8) is 0 Å². The molecule has 2 aromatic rings. The van der Waals surface area contributed by atoms with Gasteiger partial charge in [0.05, 0.1) is 21.3 Å². The fourth-order valence-corrected chi connectivity index (χ4v) is 2.50. The molecule has 0 aliphatic carbocycles. The molecule has 2 rings (SSSR count). The van der Waals surface area contributed by atoms with Crippen molar-refractivity contribution in [2.45, 2.75) is 6.92 Å². The summed E-state index contributed by atoms with van der Waals surface area (Å²) in [4.78, 5) is 12.5. The van der Waals surface area contributed by atoms with Crippen molar-refractivity contribution in [2.24, 2.45) is 0 Å². The first-order chi connectivity index (χ1) is 11.0. The molecule has 5 nitrogen and oxygen atoms in total. The first kappa shape index (κ1) is 17.1. The summed E-state index contributed by atoms with van der Waals surface area (Å²) in [6, 6.07) is 8.93. The van der Waals surface area contributed by atoms with Gasteiger partial charge in [-0.2, -0.15) is 0 Å². The number of carbonyl (C=O) groups excluding carboxylic acids is 1. The van der Waals surface area contributed by atoms with E-state index in [0.717, 1.165) is 15.7 Å². The van der Waals surface area contributed by atoms with Crippen molar-refractivity contribution in [1.82, 2.24) is 0 Å². The van der Waals surface area contributed by atoms with Crippen LogP contribution in [0.3, 0.4) is 0 Å². The largest absolute Gasteiger partial charge is 0.493 e. The van der Waals surface area contributed by atoms with Gasteiger partial charge in [-0.1, -0.05) is 22.0 Å². The molecule has 0 atom stereocenters. The molecule has 0 unspecified atom stereocenters. The van der Waals surface area contributed by atoms with E-state index in [9.17, 15) is 4.79 Å². The Morgan fingerprint density at radius 3 is 2.13 bits per heavy atom. The van der Waals surface area contributed by atoms with Crippen LogP contribution in [0, 0.1) is 6.92 Å². The zero-order chi connectivity index (χ0) is 17.0. The molecule has 6 heteroatoms. The molecular weight excluding hydrogens is 362 g/mol. The quantitative estimate of drug-likeness (QED) is 0.851. The van der Waals surface area contributed by atoms with E-state index in [0.29, 0.717) is 22.8 Å². The van der Waals surface area contributed by atoms with Crippen LogP contribution in [-0.2, 0) is 0 Å². The molecule has 122 valence electrons. The summed E-state index contributed by atoms with van der Waals surface area (Å²) in [6.45, 7) is 1.93. The van der Waals surface area contributed by atoms with E-state index >= 15 is 0 Å². The Bertz CT molecular complexity index is 706. The Labute approximate surface area is 143 Å². The van der Waals surface area contributed by atoms with Crippen LogP contribution in [0.25, 0.3) is 0 Å². The summed E-state index contributed by atoms with van der Waals surface area (Å²) in [7, 11) is 4.54. The smallest absolute Gasteiger partial charge is 0.255 e. The van der Waals surface area contributed by atoms with Gasteiger partial charge in [0.15, 0.2) is 11.5 Å². The van der Waals surface area contributed by atoms with Crippen LogP contribution in [-0.4, -0.2) is 27.2 Å². The summed E-state index contributed by atoms with van der Waals surface area (Å²) < 4.78 is 16.7. The number of anilines is 1. The lowest BCUT2D eigenvalue weighted by atomic mass is 10.1. The first-order valence-corrected chi connectivity index (χ1v) is 7.67. The second-order valence-electron chi connectivity index (χ2n) is 4.83. The van der Waals surface area contributed by atoms with E-state index in [1.165, 1.54) is 21.3 Å². The minimum Gasteiger partial charge on any atom is -0.493 e. The average Bonchev–Trinajstić information content (AvgIpc) is 2.56. The van der Waals surface area contributed by atoms with E-state index in [2.05, 4.69) is 21.2 Å². The zero-order valence-corrected chi connectivity index (χ0v) is 15.0. The number of hydrogen-bond acceptors (Lipinski definition) is 4. The monoisotopic (exact) mass is 379 g/mol. The molecule has 0 saturated heterocycles. The molecular formula is C17H18BrNO4. The predicted octanol–water partition coefficient (Wildman–Crippen LogP) is 4.04. The Hall–Kier alpha value is -2.21. The van der Waals surface area contributed by atoms with Gasteiger partial charge in [-0.25, -0.2) is 0 Å². The summed E-state index contributed by atoms with van der Waals surface area (Å²) in [6.07, 6.45) is 0. The SMILES string of the molecule is COc1cc(C(=O)Nc2cc(Br)ccc2C)cc(OC)c1OC. The summed E-state index contributed by atoms with van der Waals surface area (Å²) >= 11 is 3.40. The molecule has 0 radical (unpaired) electrons. The molecule has 0 aliphatic rings. The van der Waals surface area contributed by atoms with Crippen LogP contribution >= 0.6 is 15.9 Å². The van der Waals surface area contributed by atoms with E-state index in [1.54, 1.807) is 12.1 Å². The van der Waals surface area contributed by atoms with Gasteiger partial charge >= 0.3 is 0 Å². The van der Waals surface area contributed by atoms with E-state index in [-0.39, 0.29) is 5.91 Å². The number of carbonyl (C=O) groups is 1. The fraction of sp³-hybridized carbons (Fsp3) is 0.235. The van der Waals surface area contributed by atoms with Crippen LogP contribution in [0.5, 0.6) is 17.2 Å². The summed E-state index contributed by atoms with van der Waals surface area (Å²) in [5.74, 6) is 1.06. The molecule has 0 spiro atoms. The van der Waals surface area contributed by atoms with Crippen LogP contribution in [0.2, 0.25) is 0 Å². The lowest BCUT2D eigenvalue weighted by molar-refractivity contribution is 0.102. The van der Waals surface area contributed by atoms with Crippen molar-refractivity contribution < 1.29 is 19.0 Å². The number of benzene rings is 2. The van der Waals surface area contributed by atoms with Gasteiger partial charge < -0.3 is 19.5 Å². The van der Waals surface area contributed by atoms with E-state index in [4.69, 9.17) is 14.2 Å². The maximum absolute atomic E-state index is 12.5. The van der Waals surface area contributed by atoms with Gasteiger partial charge in [0.2, 0.25) is 5.75 Å². The fourth-order valence-electron chi connectivity index (χ4n) is 2.14. The molecule has 2 aromatic carbocycles. The van der Waals surface area contributed by atoms with Crippen molar-refractivity contribution in [3.8, 4) is 17.2 Å². The second kappa shape index (κ2) is 7.37. The van der Waals surface area contributed by atoms with Gasteiger partial charge in [-0.15, -0.1) is 0 Å². The third kappa shape index (κ3) is 3.76. The highest BCUT2D eigenvalue weighted by Gasteiger charge is 2.17. The molecule has 0 saturated carbocycles. The lowest BCUT2D eigenvalue weighted by Gasteiger charge is -2.14. The summed E-state index contributed by atoms with van der Waals surface area (Å²) in [5, 5.41) is 2.89. The molecule has 0 aliphatic heterocycles. The number of halogens is 1. The number of amides is 1. The van der Waals surface area contributed by atoms with Crippen molar-refractivity contribution in [2.75, 3.05) is 26.6 Å². The van der Waals surface area contributed by atoms with Gasteiger partial charge in [0, 0.05) is 15.7 Å². The lowest BCUT2D eigenvalue weighted by Crippen LogP contribution is -2.13. The maximum atomic E-state index is 12.5. The topological polar surface area (TPSA) is 56.8 Å². The van der Waals surface area contributed by atoms with E-state index in [1.807, 2.05) is 25.1 Å². The normalized spacial score (nSPS) is 10.1. The number of methoxy groups -OCH3 is 3. The number of rotatable bonds is 5. The van der Waals surface area contributed by atoms with Crippen LogP contribution < -0.4 is 19.5 Å². The molecule has 0 bridgehead atoms. The third-order valence-electron chi connectivity index (χ3n) is 3.37. The second-order valence-corrected chi connectivity index (χ2v) is 5.74. The zero-order valence-electron chi connectivity index (χ0n) is 13.4. The number of ether oxygens (including phenoxy) is 3. The van der Waals surface area contributed by atoms with Crippen LogP contribution in [0.4, 0.5) is 5.69 Å². The van der Waals surface area contributed by atoms with Crippen LogP contribution in [0.1, 0.15) is 15.9 Å². The molecule has 23 heavy (non-hydrogen) atoms. The highest BCUT2D eigenvalue weighted by Crippen LogP contribution is 2.38. The Morgan fingerprint density at radius 2 is 1.61 bits per heavy atom. The Kier molecular flexibility index (Phi) is 5.50. The van der Waals surface area contributed by atoms with Gasteiger partial charge in [-0.05, 0) is 36.8 Å². The molecule has 1 amide bonds. The predicted molar refractivity (Wildman–Crippen MR) is 92.9 cm³/mol. The summed E-state index contributed by atoms with van der Waals surface area (Å²) in [5.41, 5.74) is 2.12. The minimum atomic E-state index is -0.259. The number of hydrogen-bond donors (Lipinski definition) is 1. The number of nitrogens with one attached hydrogen (secondary N) is 1. The molecule has 0 heterocycles. The Morgan fingerprint density at radius 1 is 1.00 bits per heavy atom. The molecule has 0 fully saturated rings. The van der Waals surface area contributed by atoms with Gasteiger partial charge in [0.1, 0.15) is 0 Å². The van der Waals surface area contributed by atoms with Gasteiger partial charge in [0.25, 0.3) is 5.91 Å². The minimum absolute atomic E-state index is 0.259. The van der Waals surface area contributed by atoms with Crippen molar-refractivity contribution >= 4 is 27.5 Å². The van der Waals surface area contributed by atoms with Gasteiger partial charge in [-0.3, -0.25) is 4.79 Å². The average molecular weight is 380 g/mol. The first-order valence-electron chi connectivity index (χ1n) is 6.87. The molecule has 0 aromatic heterocycles. The standard InChI is InChI=1S/C17H18BrNO4/c1-10-5-6-12(18)9-13(10)19-17(20)11-7-14(21-2)16(23-4)15(8-11)22-3/h5-9H,1-4H3,(H,19,20). The maximum Gasteiger partial charge on any atom is 0.255 e. The third-order valence-corrected chi connectivity index (χ3v) is 3.87. The van der Waals surface area contributed by atoms with Crippen molar-refractivity contribution in [1.29, 1.82) is 0 Å².